The Morgan fingerprint density at radius 1 is 1.00 bits per heavy atom. The normalized spacial score (nSPS) is 14.1. The minimum Gasteiger partial charge on any atom is -0.332 e. The second kappa shape index (κ2) is 10.6. The molecule has 2 aromatic carbocycles. The molecule has 2 amide bonds. The number of nitrogens with zero attached hydrogens (tertiary/aromatic N) is 5. The van der Waals surface area contributed by atoms with Crippen molar-refractivity contribution >= 4 is 34.8 Å². The molecule has 12 heteroatoms. The maximum absolute atomic E-state index is 13.2. The lowest BCUT2D eigenvalue weighted by molar-refractivity contribution is 0.100. The zero-order valence-electron chi connectivity index (χ0n) is 21.7. The van der Waals surface area contributed by atoms with Gasteiger partial charge in [0.05, 0.1) is 34.2 Å². The van der Waals surface area contributed by atoms with Crippen molar-refractivity contribution in [1.82, 2.24) is 29.7 Å². The quantitative estimate of drug-likeness (QED) is 0.296. The van der Waals surface area contributed by atoms with Crippen LogP contribution in [0.4, 0.5) is 11.4 Å². The molecule has 6 rings (SSSR count). The minimum atomic E-state index is -0.407. The van der Waals surface area contributed by atoms with Crippen molar-refractivity contribution in [2.45, 2.75) is 26.1 Å². The van der Waals surface area contributed by atoms with Crippen molar-refractivity contribution in [2.24, 2.45) is 7.05 Å². The SMILES string of the molecule is Cn1c(C(=O)Nc2cccc(-c3cccc(NC(=O)c4cn5c(n4)CNCC5)c3Cl)c2C#N)nc2c1CCNC2. The van der Waals surface area contributed by atoms with Gasteiger partial charge in [0, 0.05) is 62.7 Å². The Kier molecular flexibility index (Phi) is 6.81. The second-order valence-electron chi connectivity index (χ2n) is 9.64. The zero-order valence-corrected chi connectivity index (χ0v) is 22.5. The van der Waals surface area contributed by atoms with E-state index in [0.29, 0.717) is 41.3 Å². The third-order valence-electron chi connectivity index (χ3n) is 7.20. The fourth-order valence-corrected chi connectivity index (χ4v) is 5.43. The first-order chi connectivity index (χ1) is 19.4. The molecule has 0 fully saturated rings. The van der Waals surface area contributed by atoms with Crippen molar-refractivity contribution in [2.75, 3.05) is 23.7 Å². The molecule has 2 aliphatic rings. The molecule has 2 aliphatic heterocycles. The predicted molar refractivity (Wildman–Crippen MR) is 150 cm³/mol. The summed E-state index contributed by atoms with van der Waals surface area (Å²) in [5.74, 6) is 0.296. The second-order valence-corrected chi connectivity index (χ2v) is 10.0. The van der Waals surface area contributed by atoms with Crippen LogP contribution >= 0.6 is 11.6 Å². The molecular formula is C28H26ClN9O2. The molecule has 0 bridgehead atoms. The third kappa shape index (κ3) is 4.62. The van der Waals surface area contributed by atoms with E-state index < -0.39 is 5.91 Å². The third-order valence-corrected chi connectivity index (χ3v) is 7.60. The number of carbonyl (C=O) groups excluding carboxylic acids is 2. The number of aromatic nitrogens is 4. The average Bonchev–Trinajstić information content (AvgIpc) is 3.56. The lowest BCUT2D eigenvalue weighted by atomic mass is 9.98. The summed E-state index contributed by atoms with van der Waals surface area (Å²) >= 11 is 6.77. The van der Waals surface area contributed by atoms with Gasteiger partial charge in [-0.25, -0.2) is 9.97 Å². The van der Waals surface area contributed by atoms with Gasteiger partial charge in [-0.05, 0) is 12.1 Å². The zero-order chi connectivity index (χ0) is 27.8. The van der Waals surface area contributed by atoms with Crippen LogP contribution in [0.1, 0.15) is 43.9 Å². The van der Waals surface area contributed by atoms with Crippen LogP contribution in [-0.2, 0) is 33.1 Å². The molecule has 0 saturated carbocycles. The van der Waals surface area contributed by atoms with Gasteiger partial charge in [-0.15, -0.1) is 0 Å². The summed E-state index contributed by atoms with van der Waals surface area (Å²) in [5, 5.41) is 22.6. The number of imidazole rings is 2. The molecular weight excluding hydrogens is 530 g/mol. The van der Waals surface area contributed by atoms with Gasteiger partial charge < -0.3 is 30.4 Å². The highest BCUT2D eigenvalue weighted by molar-refractivity contribution is 6.36. The molecule has 202 valence electrons. The summed E-state index contributed by atoms with van der Waals surface area (Å²) in [6.07, 6.45) is 2.52. The Labute approximate surface area is 235 Å². The van der Waals surface area contributed by atoms with Gasteiger partial charge in [0.15, 0.2) is 5.82 Å². The lowest BCUT2D eigenvalue weighted by Gasteiger charge is -2.14. The van der Waals surface area contributed by atoms with Crippen LogP contribution in [-0.4, -0.2) is 44.0 Å². The van der Waals surface area contributed by atoms with E-state index in [9.17, 15) is 14.9 Å². The van der Waals surface area contributed by atoms with Crippen LogP contribution in [0, 0.1) is 11.3 Å². The van der Waals surface area contributed by atoms with E-state index in [4.69, 9.17) is 11.6 Å². The molecule has 40 heavy (non-hydrogen) atoms. The number of hydrogen-bond acceptors (Lipinski definition) is 7. The number of benzene rings is 2. The number of halogens is 1. The first-order valence-corrected chi connectivity index (χ1v) is 13.3. The Bertz CT molecular complexity index is 1670. The summed E-state index contributed by atoms with van der Waals surface area (Å²) in [6, 6.07) is 12.6. The fourth-order valence-electron chi connectivity index (χ4n) is 5.16. The van der Waals surface area contributed by atoms with Crippen LogP contribution in [0.3, 0.4) is 0 Å². The molecule has 4 aromatic rings. The topological polar surface area (TPSA) is 142 Å². The van der Waals surface area contributed by atoms with Crippen molar-refractivity contribution in [3.8, 4) is 17.2 Å². The molecule has 2 aromatic heterocycles. The molecule has 4 heterocycles. The van der Waals surface area contributed by atoms with Gasteiger partial charge in [-0.2, -0.15) is 5.26 Å². The molecule has 0 radical (unpaired) electrons. The first-order valence-electron chi connectivity index (χ1n) is 12.9. The fraction of sp³-hybridized carbons (Fsp3) is 0.250. The molecule has 0 aliphatic carbocycles. The molecule has 0 spiro atoms. The van der Waals surface area contributed by atoms with E-state index >= 15 is 0 Å². The summed E-state index contributed by atoms with van der Waals surface area (Å²) < 4.78 is 3.76. The molecule has 0 atom stereocenters. The predicted octanol–water partition coefficient (Wildman–Crippen LogP) is 3.06. The van der Waals surface area contributed by atoms with E-state index in [1.807, 2.05) is 11.6 Å². The van der Waals surface area contributed by atoms with Crippen LogP contribution in [0.25, 0.3) is 11.1 Å². The Morgan fingerprint density at radius 2 is 1.75 bits per heavy atom. The highest BCUT2D eigenvalue weighted by atomic mass is 35.5. The van der Waals surface area contributed by atoms with E-state index in [0.717, 1.165) is 43.3 Å². The smallest absolute Gasteiger partial charge is 0.291 e. The van der Waals surface area contributed by atoms with E-state index in [-0.39, 0.29) is 22.3 Å². The number of rotatable bonds is 5. The summed E-state index contributed by atoms with van der Waals surface area (Å²) in [7, 11) is 1.82. The maximum atomic E-state index is 13.2. The Hall–Kier alpha value is -4.50. The van der Waals surface area contributed by atoms with Crippen molar-refractivity contribution in [1.29, 1.82) is 5.26 Å². The van der Waals surface area contributed by atoms with Gasteiger partial charge in [0.1, 0.15) is 17.6 Å². The van der Waals surface area contributed by atoms with Crippen LogP contribution < -0.4 is 21.3 Å². The highest BCUT2D eigenvalue weighted by Gasteiger charge is 2.24. The number of carbonyl (C=O) groups is 2. The van der Waals surface area contributed by atoms with Gasteiger partial charge in [0.2, 0.25) is 0 Å². The lowest BCUT2D eigenvalue weighted by Crippen LogP contribution is -2.27. The maximum Gasteiger partial charge on any atom is 0.291 e. The van der Waals surface area contributed by atoms with Crippen LogP contribution in [0.15, 0.2) is 42.6 Å². The number of nitrogens with one attached hydrogen (secondary N) is 4. The van der Waals surface area contributed by atoms with E-state index in [1.54, 1.807) is 47.2 Å². The number of anilines is 2. The van der Waals surface area contributed by atoms with Crippen LogP contribution in [0.2, 0.25) is 5.02 Å². The van der Waals surface area contributed by atoms with E-state index in [2.05, 4.69) is 37.3 Å². The summed E-state index contributed by atoms with van der Waals surface area (Å²) in [6.45, 7) is 3.61. The molecule has 0 unspecified atom stereocenters. The van der Waals surface area contributed by atoms with Crippen molar-refractivity contribution in [3.05, 3.63) is 81.9 Å². The van der Waals surface area contributed by atoms with E-state index in [1.165, 1.54) is 0 Å². The monoisotopic (exact) mass is 555 g/mol. The summed E-state index contributed by atoms with van der Waals surface area (Å²) in [4.78, 5) is 35.1. The Balaban J connectivity index is 1.28. The minimum absolute atomic E-state index is 0.246. The van der Waals surface area contributed by atoms with Gasteiger partial charge in [-0.1, -0.05) is 35.9 Å². The van der Waals surface area contributed by atoms with Crippen molar-refractivity contribution < 1.29 is 9.59 Å². The highest BCUT2D eigenvalue weighted by Crippen LogP contribution is 2.37. The molecule has 11 nitrogen and oxygen atoms in total. The first kappa shape index (κ1) is 25.8. The number of amides is 2. The van der Waals surface area contributed by atoms with Crippen molar-refractivity contribution in [3.63, 3.8) is 0 Å². The molecule has 4 N–H and O–H groups in total. The van der Waals surface area contributed by atoms with Gasteiger partial charge in [0.25, 0.3) is 11.8 Å². The van der Waals surface area contributed by atoms with Gasteiger partial charge >= 0.3 is 0 Å². The number of fused-ring (bicyclic) bond motifs is 2. The van der Waals surface area contributed by atoms with Crippen LogP contribution in [0.5, 0.6) is 0 Å². The largest absolute Gasteiger partial charge is 0.332 e. The van der Waals surface area contributed by atoms with Gasteiger partial charge in [-0.3, -0.25) is 9.59 Å². The number of hydrogen-bond donors (Lipinski definition) is 4. The average molecular weight is 556 g/mol. The number of nitriles is 1. The standard InChI is InChI=1S/C28H26ClN9O2/c1-37-23-8-9-31-13-21(23)34-26(37)28(40)35-19-6-2-4-16(18(19)12-30)17-5-3-7-20(25(17)29)36-27(39)22-15-38-11-10-32-14-24(38)33-22/h2-7,15,31-32H,8-11,13-14H2,1H3,(H,35,40)(H,36,39). The Morgan fingerprint density at radius 3 is 2.52 bits per heavy atom. The molecule has 0 saturated heterocycles. The summed E-state index contributed by atoms with van der Waals surface area (Å²) in [5.41, 5.74) is 4.21.